The summed E-state index contributed by atoms with van der Waals surface area (Å²) in [6.07, 6.45) is 0.372. The minimum atomic E-state index is -1.54. The number of carboxylic acid groups (broad SMARTS) is 1. The summed E-state index contributed by atoms with van der Waals surface area (Å²) in [6, 6.07) is 14.0. The van der Waals surface area contributed by atoms with E-state index in [0.717, 1.165) is 27.7 Å². The van der Waals surface area contributed by atoms with Crippen LogP contribution in [0.2, 0.25) is 0 Å². The zero-order valence-electron chi connectivity index (χ0n) is 16.3. The van der Waals surface area contributed by atoms with Gasteiger partial charge in [-0.2, -0.15) is 0 Å². The van der Waals surface area contributed by atoms with E-state index in [2.05, 4.69) is 15.9 Å². The van der Waals surface area contributed by atoms with Crippen LogP contribution >= 0.6 is 15.9 Å². The molecule has 0 spiro atoms. The number of benzene rings is 3. The maximum absolute atomic E-state index is 14.0. The number of aromatic nitrogens is 1. The minimum Gasteiger partial charge on any atom is -0.488 e. The summed E-state index contributed by atoms with van der Waals surface area (Å²) in [5, 5.41) is 9.54. The first-order chi connectivity index (χ1) is 15.3. The second-order valence-corrected chi connectivity index (χ2v) is 7.79. The van der Waals surface area contributed by atoms with E-state index >= 15 is 0 Å². The van der Waals surface area contributed by atoms with Crippen LogP contribution in [-0.4, -0.2) is 15.8 Å². The molecule has 0 saturated carbocycles. The third-order valence-corrected chi connectivity index (χ3v) is 5.33. The van der Waals surface area contributed by atoms with Gasteiger partial charge in [0.2, 0.25) is 0 Å². The molecule has 9 heteroatoms. The Labute approximate surface area is 188 Å². The van der Waals surface area contributed by atoms with E-state index < -0.39 is 23.6 Å². The van der Waals surface area contributed by atoms with Crippen LogP contribution in [0.25, 0.3) is 10.9 Å². The molecule has 0 fully saturated rings. The Morgan fingerprint density at radius 3 is 2.56 bits per heavy atom. The molecular formula is C23H15BrF3NO4. The van der Waals surface area contributed by atoms with Crippen molar-refractivity contribution in [2.45, 2.75) is 13.2 Å². The molecule has 0 unspecified atom stereocenters. The highest BCUT2D eigenvalue weighted by molar-refractivity contribution is 9.10. The molecule has 5 nitrogen and oxygen atoms in total. The van der Waals surface area contributed by atoms with Gasteiger partial charge in [0.25, 0.3) is 0 Å². The van der Waals surface area contributed by atoms with Crippen molar-refractivity contribution >= 4 is 33.0 Å². The van der Waals surface area contributed by atoms with Crippen molar-refractivity contribution in [3.63, 3.8) is 0 Å². The van der Waals surface area contributed by atoms with Crippen LogP contribution in [0.4, 0.5) is 18.0 Å². The molecule has 1 aromatic heterocycles. The number of hydrogen-bond donors (Lipinski definition) is 1. The van der Waals surface area contributed by atoms with Gasteiger partial charge in [-0.25, -0.2) is 18.0 Å². The highest BCUT2D eigenvalue weighted by Gasteiger charge is 2.15. The van der Waals surface area contributed by atoms with Gasteiger partial charge in [0.1, 0.15) is 18.1 Å². The van der Waals surface area contributed by atoms with Gasteiger partial charge < -0.3 is 19.1 Å². The summed E-state index contributed by atoms with van der Waals surface area (Å²) < 4.78 is 53.8. The van der Waals surface area contributed by atoms with Crippen molar-refractivity contribution in [1.82, 2.24) is 4.57 Å². The number of ether oxygens (including phenoxy) is 2. The Morgan fingerprint density at radius 2 is 1.78 bits per heavy atom. The molecule has 4 rings (SSSR count). The van der Waals surface area contributed by atoms with Crippen molar-refractivity contribution < 1.29 is 32.5 Å². The first kappa shape index (κ1) is 21.8. The van der Waals surface area contributed by atoms with Gasteiger partial charge in [0, 0.05) is 27.2 Å². The van der Waals surface area contributed by atoms with E-state index in [1.807, 2.05) is 16.7 Å². The van der Waals surface area contributed by atoms with Crippen LogP contribution in [0, 0.1) is 17.5 Å². The van der Waals surface area contributed by atoms with Crippen LogP contribution in [0.3, 0.4) is 0 Å². The standard InChI is InChI=1S/C23H15BrF3NO4/c24-15-5-7-19(31-12-13-4-6-17(25)22(27)21(13)26)14(10-15)11-28-9-8-16-18(28)2-1-3-20(16)32-23(29)30/h1-10H,11-12H2,(H,29,30). The molecule has 0 aliphatic heterocycles. The van der Waals surface area contributed by atoms with Gasteiger partial charge in [-0.1, -0.05) is 22.0 Å². The maximum Gasteiger partial charge on any atom is 0.511 e. The second kappa shape index (κ2) is 8.96. The van der Waals surface area contributed by atoms with Gasteiger partial charge in [-0.15, -0.1) is 0 Å². The van der Waals surface area contributed by atoms with E-state index in [0.29, 0.717) is 17.7 Å². The van der Waals surface area contributed by atoms with Crippen molar-refractivity contribution in [3.05, 3.63) is 93.8 Å². The highest BCUT2D eigenvalue weighted by atomic mass is 79.9. The summed E-state index contributed by atoms with van der Waals surface area (Å²) in [6.45, 7) is 0.0513. The lowest BCUT2D eigenvalue weighted by atomic mass is 10.2. The van der Waals surface area contributed by atoms with Crippen molar-refractivity contribution in [2.24, 2.45) is 0 Å². The van der Waals surface area contributed by atoms with Gasteiger partial charge >= 0.3 is 6.16 Å². The van der Waals surface area contributed by atoms with Crippen LogP contribution in [0.5, 0.6) is 11.5 Å². The Morgan fingerprint density at radius 1 is 0.969 bits per heavy atom. The topological polar surface area (TPSA) is 60.7 Å². The molecule has 1 N–H and O–H groups in total. The monoisotopic (exact) mass is 505 g/mol. The predicted molar refractivity (Wildman–Crippen MR) is 114 cm³/mol. The normalized spacial score (nSPS) is 11.0. The first-order valence-corrected chi connectivity index (χ1v) is 10.1. The van der Waals surface area contributed by atoms with Crippen LogP contribution in [-0.2, 0) is 13.2 Å². The summed E-state index contributed by atoms with van der Waals surface area (Å²) in [7, 11) is 0. The first-order valence-electron chi connectivity index (χ1n) is 9.35. The molecule has 3 aromatic carbocycles. The molecule has 0 atom stereocenters. The van der Waals surface area contributed by atoms with E-state index in [9.17, 15) is 18.0 Å². The summed E-state index contributed by atoms with van der Waals surface area (Å²) in [4.78, 5) is 10.9. The number of nitrogens with zero attached hydrogens (tertiary/aromatic N) is 1. The fourth-order valence-electron chi connectivity index (χ4n) is 3.34. The lowest BCUT2D eigenvalue weighted by Crippen LogP contribution is -2.06. The number of fused-ring (bicyclic) bond motifs is 1. The van der Waals surface area contributed by atoms with Crippen molar-refractivity contribution in [2.75, 3.05) is 0 Å². The maximum atomic E-state index is 14.0. The fourth-order valence-corrected chi connectivity index (χ4v) is 3.75. The Kier molecular flexibility index (Phi) is 6.09. The smallest absolute Gasteiger partial charge is 0.488 e. The third-order valence-electron chi connectivity index (χ3n) is 4.83. The number of rotatable bonds is 6. The quantitative estimate of drug-likeness (QED) is 0.184. The van der Waals surface area contributed by atoms with Crippen LogP contribution < -0.4 is 9.47 Å². The van der Waals surface area contributed by atoms with Gasteiger partial charge in [-0.05, 0) is 48.5 Å². The molecule has 164 valence electrons. The molecular weight excluding hydrogens is 491 g/mol. The van der Waals surface area contributed by atoms with Gasteiger partial charge in [0.05, 0.1) is 12.1 Å². The molecule has 4 aromatic rings. The van der Waals surface area contributed by atoms with Gasteiger partial charge in [-0.3, -0.25) is 0 Å². The Balaban J connectivity index is 1.62. The van der Waals surface area contributed by atoms with Gasteiger partial charge in [0.15, 0.2) is 17.5 Å². The average molecular weight is 506 g/mol. The average Bonchev–Trinajstić information content (AvgIpc) is 3.16. The zero-order chi connectivity index (χ0) is 22.8. The molecule has 1 heterocycles. The molecule has 0 saturated heterocycles. The Bertz CT molecular complexity index is 1320. The van der Waals surface area contributed by atoms with E-state index in [1.165, 1.54) is 0 Å². The summed E-state index contributed by atoms with van der Waals surface area (Å²) in [5.41, 5.74) is 1.35. The predicted octanol–water partition coefficient (Wildman–Crippen LogP) is 6.51. The number of halogens is 4. The van der Waals surface area contributed by atoms with Crippen LogP contribution in [0.15, 0.2) is 65.3 Å². The van der Waals surface area contributed by atoms with Crippen LogP contribution in [0.1, 0.15) is 11.1 Å². The molecule has 0 aliphatic rings. The van der Waals surface area contributed by atoms with E-state index in [1.54, 1.807) is 36.5 Å². The van der Waals surface area contributed by atoms with Crippen molar-refractivity contribution in [1.29, 1.82) is 0 Å². The summed E-state index contributed by atoms with van der Waals surface area (Å²) >= 11 is 3.41. The third kappa shape index (κ3) is 4.43. The Hall–Kier alpha value is -3.46. The summed E-state index contributed by atoms with van der Waals surface area (Å²) in [5.74, 6) is -3.45. The lowest BCUT2D eigenvalue weighted by molar-refractivity contribution is 0.145. The molecule has 0 amide bonds. The highest BCUT2D eigenvalue weighted by Crippen LogP contribution is 2.30. The van der Waals surface area contributed by atoms with Crippen molar-refractivity contribution in [3.8, 4) is 11.5 Å². The van der Waals surface area contributed by atoms with E-state index in [-0.39, 0.29) is 17.9 Å². The lowest BCUT2D eigenvalue weighted by Gasteiger charge is -2.14. The SMILES string of the molecule is O=C(O)Oc1cccc2c1ccn2Cc1cc(Br)ccc1OCc1ccc(F)c(F)c1F. The number of hydrogen-bond acceptors (Lipinski definition) is 3. The second-order valence-electron chi connectivity index (χ2n) is 6.88. The van der Waals surface area contributed by atoms with E-state index in [4.69, 9.17) is 14.6 Å². The minimum absolute atomic E-state index is 0.111. The molecule has 32 heavy (non-hydrogen) atoms. The molecule has 0 aliphatic carbocycles. The molecule has 0 radical (unpaired) electrons. The zero-order valence-corrected chi connectivity index (χ0v) is 17.9. The fraction of sp³-hybridized carbons (Fsp3) is 0.0870. The molecule has 0 bridgehead atoms. The number of carbonyl (C=O) groups is 1. The largest absolute Gasteiger partial charge is 0.511 e.